The monoisotopic (exact) mass is 213 g/mol. The quantitative estimate of drug-likeness (QED) is 0.593. The van der Waals surface area contributed by atoms with Crippen molar-refractivity contribution in [2.24, 2.45) is 5.10 Å². The van der Waals surface area contributed by atoms with Crippen molar-refractivity contribution in [3.8, 4) is 0 Å². The molecule has 0 bridgehead atoms. The van der Waals surface area contributed by atoms with Crippen LogP contribution in [0, 0.1) is 0 Å². The van der Waals surface area contributed by atoms with Gasteiger partial charge in [0.1, 0.15) is 5.71 Å². The molecule has 1 aliphatic rings. The molecule has 15 heavy (non-hydrogen) atoms. The first-order chi connectivity index (χ1) is 7.15. The van der Waals surface area contributed by atoms with Gasteiger partial charge in [0.15, 0.2) is 0 Å². The average Bonchev–Trinajstić information content (AvgIpc) is 2.22. The summed E-state index contributed by atoms with van der Waals surface area (Å²) in [6.07, 6.45) is 1.23. The molecule has 0 atom stereocenters. The minimum Gasteiger partial charge on any atom is -0.396 e. The van der Waals surface area contributed by atoms with Crippen LogP contribution < -0.4 is 5.32 Å². The molecule has 84 valence electrons. The minimum atomic E-state index is -0.261. The van der Waals surface area contributed by atoms with E-state index in [4.69, 9.17) is 5.11 Å². The van der Waals surface area contributed by atoms with E-state index >= 15 is 0 Å². The summed E-state index contributed by atoms with van der Waals surface area (Å²) in [5.41, 5.74) is 0.370. The van der Waals surface area contributed by atoms with Crippen molar-refractivity contribution in [2.75, 3.05) is 20.2 Å². The first-order valence-corrected chi connectivity index (χ1v) is 4.88. The molecule has 2 amide bonds. The highest BCUT2D eigenvalue weighted by atomic mass is 16.3. The maximum Gasteiger partial charge on any atom is 0.267 e. The van der Waals surface area contributed by atoms with Crippen LogP contribution >= 0.6 is 0 Å². The predicted molar refractivity (Wildman–Crippen MR) is 54.2 cm³/mol. The topological polar surface area (TPSA) is 82.0 Å². The highest BCUT2D eigenvalue weighted by Crippen LogP contribution is 2.06. The Morgan fingerprint density at radius 3 is 2.93 bits per heavy atom. The van der Waals surface area contributed by atoms with Crippen LogP contribution in [-0.2, 0) is 9.59 Å². The smallest absolute Gasteiger partial charge is 0.267 e. The molecule has 6 heteroatoms. The molecular weight excluding hydrogens is 198 g/mol. The van der Waals surface area contributed by atoms with Gasteiger partial charge in [-0.3, -0.25) is 9.59 Å². The van der Waals surface area contributed by atoms with Crippen LogP contribution in [0.1, 0.15) is 19.3 Å². The molecule has 1 heterocycles. The van der Waals surface area contributed by atoms with E-state index < -0.39 is 0 Å². The summed E-state index contributed by atoms with van der Waals surface area (Å²) < 4.78 is 0. The van der Waals surface area contributed by atoms with Crippen molar-refractivity contribution < 1.29 is 14.7 Å². The number of aliphatic hydroxyl groups is 1. The third kappa shape index (κ3) is 3.32. The molecule has 0 fully saturated rings. The summed E-state index contributed by atoms with van der Waals surface area (Å²) in [4.78, 5) is 22.5. The Bertz CT molecular complexity index is 288. The summed E-state index contributed by atoms with van der Waals surface area (Å²) in [6, 6.07) is 0. The van der Waals surface area contributed by atoms with Crippen molar-refractivity contribution in [3.05, 3.63) is 0 Å². The second kappa shape index (κ2) is 5.45. The Morgan fingerprint density at radius 1 is 1.60 bits per heavy atom. The molecule has 0 saturated carbocycles. The lowest BCUT2D eigenvalue weighted by Crippen LogP contribution is -2.38. The van der Waals surface area contributed by atoms with Gasteiger partial charge in [-0.25, -0.2) is 5.01 Å². The predicted octanol–water partition coefficient (Wildman–Crippen LogP) is -0.907. The van der Waals surface area contributed by atoms with E-state index in [2.05, 4.69) is 10.4 Å². The van der Waals surface area contributed by atoms with Crippen molar-refractivity contribution in [2.45, 2.75) is 19.3 Å². The Morgan fingerprint density at radius 2 is 2.33 bits per heavy atom. The number of hydrazone groups is 1. The van der Waals surface area contributed by atoms with Gasteiger partial charge in [-0.15, -0.1) is 0 Å². The summed E-state index contributed by atoms with van der Waals surface area (Å²) in [7, 11) is 1.53. The number of carbonyl (C=O) groups excluding carboxylic acids is 2. The molecule has 0 spiro atoms. The van der Waals surface area contributed by atoms with Gasteiger partial charge in [0, 0.05) is 33.0 Å². The number of amides is 2. The van der Waals surface area contributed by atoms with Gasteiger partial charge in [0.25, 0.3) is 5.91 Å². The molecule has 6 nitrogen and oxygen atoms in total. The molecule has 0 radical (unpaired) electrons. The fourth-order valence-corrected chi connectivity index (χ4v) is 1.22. The maximum atomic E-state index is 11.5. The van der Waals surface area contributed by atoms with Crippen LogP contribution in [0.4, 0.5) is 0 Å². The lowest BCUT2D eigenvalue weighted by molar-refractivity contribution is -0.130. The molecule has 1 rings (SSSR count). The molecule has 0 unspecified atom stereocenters. The summed E-state index contributed by atoms with van der Waals surface area (Å²) in [6.45, 7) is 0.469. The van der Waals surface area contributed by atoms with Crippen LogP contribution in [0.5, 0.6) is 0 Å². The zero-order valence-corrected chi connectivity index (χ0v) is 8.69. The second-order valence-electron chi connectivity index (χ2n) is 3.30. The van der Waals surface area contributed by atoms with Crippen LogP contribution in [0.2, 0.25) is 0 Å². The summed E-state index contributed by atoms with van der Waals surface area (Å²) >= 11 is 0. The first-order valence-electron chi connectivity index (χ1n) is 4.88. The van der Waals surface area contributed by atoms with Gasteiger partial charge in [-0.1, -0.05) is 0 Å². The standard InChI is InChI=1S/C9H15N3O3/c1-12-8(14)4-3-7(11-12)9(15)10-5-2-6-13/h13H,2-6H2,1H3,(H,10,15). The van der Waals surface area contributed by atoms with Gasteiger partial charge >= 0.3 is 0 Å². The van der Waals surface area contributed by atoms with E-state index in [1.807, 2.05) is 0 Å². The number of carbonyl (C=O) groups is 2. The summed E-state index contributed by atoms with van der Waals surface area (Å²) in [5, 5.41) is 16.2. The van der Waals surface area contributed by atoms with Crippen LogP contribution in [0.15, 0.2) is 5.10 Å². The van der Waals surface area contributed by atoms with E-state index in [0.717, 1.165) is 0 Å². The van der Waals surface area contributed by atoms with E-state index in [1.54, 1.807) is 0 Å². The van der Waals surface area contributed by atoms with Crippen LogP contribution in [-0.4, -0.2) is 47.8 Å². The Labute approximate surface area is 87.9 Å². The minimum absolute atomic E-state index is 0.0468. The highest BCUT2D eigenvalue weighted by Gasteiger charge is 2.21. The lowest BCUT2D eigenvalue weighted by Gasteiger charge is -2.18. The van der Waals surface area contributed by atoms with E-state index in [0.29, 0.717) is 31.5 Å². The lowest BCUT2D eigenvalue weighted by atomic mass is 10.1. The van der Waals surface area contributed by atoms with E-state index in [-0.39, 0.29) is 18.4 Å². The van der Waals surface area contributed by atoms with Crippen LogP contribution in [0.25, 0.3) is 0 Å². The van der Waals surface area contributed by atoms with Crippen molar-refractivity contribution in [3.63, 3.8) is 0 Å². The number of aliphatic hydroxyl groups excluding tert-OH is 1. The molecule has 0 aliphatic carbocycles. The van der Waals surface area contributed by atoms with E-state index in [9.17, 15) is 9.59 Å². The Balaban J connectivity index is 2.46. The molecular formula is C9H15N3O3. The van der Waals surface area contributed by atoms with Gasteiger partial charge in [0.05, 0.1) is 0 Å². The third-order valence-electron chi connectivity index (χ3n) is 2.09. The molecule has 0 aromatic rings. The molecule has 2 N–H and O–H groups in total. The van der Waals surface area contributed by atoms with Gasteiger partial charge in [-0.05, 0) is 6.42 Å². The number of rotatable bonds is 4. The summed E-state index contributed by atoms with van der Waals surface area (Å²) in [5.74, 6) is -0.343. The highest BCUT2D eigenvalue weighted by molar-refractivity contribution is 6.39. The maximum absolute atomic E-state index is 11.5. The number of hydrogen-bond donors (Lipinski definition) is 2. The molecule has 0 aromatic heterocycles. The van der Waals surface area contributed by atoms with Gasteiger partial charge in [-0.2, -0.15) is 5.10 Å². The fourth-order valence-electron chi connectivity index (χ4n) is 1.22. The molecule has 1 aliphatic heterocycles. The molecule has 0 aromatic carbocycles. The fraction of sp³-hybridized carbons (Fsp3) is 0.667. The van der Waals surface area contributed by atoms with Crippen molar-refractivity contribution in [1.29, 1.82) is 0 Å². The van der Waals surface area contributed by atoms with Gasteiger partial charge < -0.3 is 10.4 Å². The normalized spacial score (nSPS) is 16.3. The number of nitrogens with zero attached hydrogens (tertiary/aromatic N) is 2. The number of nitrogens with one attached hydrogen (secondary N) is 1. The Hall–Kier alpha value is -1.43. The molecule has 0 saturated heterocycles. The van der Waals surface area contributed by atoms with Gasteiger partial charge in [0.2, 0.25) is 5.91 Å². The zero-order chi connectivity index (χ0) is 11.3. The third-order valence-corrected chi connectivity index (χ3v) is 2.09. The zero-order valence-electron chi connectivity index (χ0n) is 8.69. The largest absolute Gasteiger partial charge is 0.396 e. The van der Waals surface area contributed by atoms with Crippen LogP contribution in [0.3, 0.4) is 0 Å². The van der Waals surface area contributed by atoms with E-state index in [1.165, 1.54) is 12.1 Å². The Kier molecular flexibility index (Phi) is 4.23. The first kappa shape index (κ1) is 11.6. The van der Waals surface area contributed by atoms with Crippen molar-refractivity contribution in [1.82, 2.24) is 10.3 Å². The number of hydrogen-bond acceptors (Lipinski definition) is 4. The average molecular weight is 213 g/mol. The second-order valence-corrected chi connectivity index (χ2v) is 3.30. The van der Waals surface area contributed by atoms with Crippen molar-refractivity contribution >= 4 is 17.5 Å². The SMILES string of the molecule is CN1N=C(C(=O)NCCCO)CCC1=O.